The predicted octanol–water partition coefficient (Wildman–Crippen LogP) is 2.44. The standard InChI is InChI=1S/C8H6ClN3S/c9-5-2-1-3-11-7(5)8-12-6(10)4-13-8/h1-4H,10H2. The van der Waals surface area contributed by atoms with Gasteiger partial charge in [0.1, 0.15) is 16.5 Å². The number of nitrogens with zero attached hydrogens (tertiary/aromatic N) is 2. The van der Waals surface area contributed by atoms with Crippen molar-refractivity contribution in [1.82, 2.24) is 9.97 Å². The van der Waals surface area contributed by atoms with E-state index < -0.39 is 0 Å². The highest BCUT2D eigenvalue weighted by Gasteiger charge is 2.07. The largest absolute Gasteiger partial charge is 0.383 e. The molecule has 5 heteroatoms. The Kier molecular flexibility index (Phi) is 2.16. The summed E-state index contributed by atoms with van der Waals surface area (Å²) in [6, 6.07) is 3.56. The van der Waals surface area contributed by atoms with E-state index in [4.69, 9.17) is 17.3 Å². The summed E-state index contributed by atoms with van der Waals surface area (Å²) in [5, 5.41) is 3.11. The molecule has 0 fully saturated rings. The van der Waals surface area contributed by atoms with Gasteiger partial charge in [0.2, 0.25) is 0 Å². The van der Waals surface area contributed by atoms with Crippen LogP contribution in [0.4, 0.5) is 5.82 Å². The zero-order valence-electron chi connectivity index (χ0n) is 6.57. The van der Waals surface area contributed by atoms with Crippen LogP contribution >= 0.6 is 22.9 Å². The molecule has 0 amide bonds. The summed E-state index contributed by atoms with van der Waals surface area (Å²) in [6.07, 6.45) is 1.68. The first-order valence-corrected chi connectivity index (χ1v) is 4.85. The summed E-state index contributed by atoms with van der Waals surface area (Å²) in [5.41, 5.74) is 6.18. The van der Waals surface area contributed by atoms with Gasteiger partial charge in [-0.2, -0.15) is 0 Å². The average Bonchev–Trinajstić information content (AvgIpc) is 2.53. The van der Waals surface area contributed by atoms with Gasteiger partial charge in [-0.25, -0.2) is 4.98 Å². The molecule has 2 aromatic heterocycles. The molecule has 0 spiro atoms. The van der Waals surface area contributed by atoms with Crippen LogP contribution in [0.1, 0.15) is 0 Å². The summed E-state index contributed by atoms with van der Waals surface area (Å²) in [7, 11) is 0. The van der Waals surface area contributed by atoms with Crippen molar-refractivity contribution in [1.29, 1.82) is 0 Å². The van der Waals surface area contributed by atoms with Gasteiger partial charge in [0, 0.05) is 11.6 Å². The van der Waals surface area contributed by atoms with Crippen LogP contribution in [0.15, 0.2) is 23.7 Å². The van der Waals surface area contributed by atoms with Gasteiger partial charge in [-0.3, -0.25) is 4.98 Å². The molecule has 0 aliphatic heterocycles. The molecule has 0 saturated carbocycles. The molecule has 2 rings (SSSR count). The van der Waals surface area contributed by atoms with Crippen molar-refractivity contribution in [2.75, 3.05) is 5.73 Å². The number of aromatic nitrogens is 2. The first-order valence-electron chi connectivity index (χ1n) is 3.59. The van der Waals surface area contributed by atoms with E-state index in [1.165, 1.54) is 11.3 Å². The van der Waals surface area contributed by atoms with Gasteiger partial charge < -0.3 is 5.73 Å². The molecule has 0 saturated heterocycles. The van der Waals surface area contributed by atoms with Crippen molar-refractivity contribution in [3.8, 4) is 10.7 Å². The molecule has 0 radical (unpaired) electrons. The molecule has 0 aliphatic rings. The van der Waals surface area contributed by atoms with Gasteiger partial charge in [0.15, 0.2) is 0 Å². The fourth-order valence-corrected chi connectivity index (χ4v) is 1.92. The normalized spacial score (nSPS) is 10.2. The minimum atomic E-state index is 0.502. The second-order valence-electron chi connectivity index (χ2n) is 2.41. The number of hydrogen-bond acceptors (Lipinski definition) is 4. The Hall–Kier alpha value is -1.13. The molecule has 3 nitrogen and oxygen atoms in total. The lowest BCUT2D eigenvalue weighted by Crippen LogP contribution is -1.86. The van der Waals surface area contributed by atoms with E-state index in [0.29, 0.717) is 16.5 Å². The molecule has 0 unspecified atom stereocenters. The maximum absolute atomic E-state index is 5.93. The minimum Gasteiger partial charge on any atom is -0.383 e. The second kappa shape index (κ2) is 3.32. The molecule has 0 bridgehead atoms. The van der Waals surface area contributed by atoms with Gasteiger partial charge in [-0.1, -0.05) is 11.6 Å². The third-order valence-electron chi connectivity index (χ3n) is 1.48. The van der Waals surface area contributed by atoms with E-state index in [1.54, 1.807) is 23.7 Å². The lowest BCUT2D eigenvalue weighted by molar-refractivity contribution is 1.29. The van der Waals surface area contributed by atoms with Gasteiger partial charge >= 0.3 is 0 Å². The monoisotopic (exact) mass is 211 g/mol. The highest BCUT2D eigenvalue weighted by Crippen LogP contribution is 2.28. The number of nitrogen functional groups attached to an aromatic ring is 1. The predicted molar refractivity (Wildman–Crippen MR) is 54.8 cm³/mol. The van der Waals surface area contributed by atoms with Gasteiger partial charge in [0.25, 0.3) is 0 Å². The summed E-state index contributed by atoms with van der Waals surface area (Å²) >= 11 is 7.37. The Balaban J connectivity index is 2.52. The third-order valence-corrected chi connectivity index (χ3v) is 2.66. The van der Waals surface area contributed by atoms with Crippen LogP contribution in [0.2, 0.25) is 5.02 Å². The Morgan fingerprint density at radius 3 is 2.92 bits per heavy atom. The minimum absolute atomic E-state index is 0.502. The summed E-state index contributed by atoms with van der Waals surface area (Å²) in [4.78, 5) is 8.21. The molecular formula is C8H6ClN3S. The highest BCUT2D eigenvalue weighted by atomic mass is 35.5. The molecule has 2 aromatic rings. The third kappa shape index (κ3) is 1.64. The number of halogens is 1. The lowest BCUT2D eigenvalue weighted by Gasteiger charge is -1.96. The number of pyridine rings is 1. The highest BCUT2D eigenvalue weighted by molar-refractivity contribution is 7.13. The van der Waals surface area contributed by atoms with Gasteiger partial charge in [-0.15, -0.1) is 11.3 Å². The van der Waals surface area contributed by atoms with E-state index >= 15 is 0 Å². The zero-order chi connectivity index (χ0) is 9.26. The molecule has 13 heavy (non-hydrogen) atoms. The molecular weight excluding hydrogens is 206 g/mol. The Morgan fingerprint density at radius 2 is 2.31 bits per heavy atom. The lowest BCUT2D eigenvalue weighted by atomic mass is 10.4. The van der Waals surface area contributed by atoms with Gasteiger partial charge in [0.05, 0.1) is 5.02 Å². The topological polar surface area (TPSA) is 51.8 Å². The van der Waals surface area contributed by atoms with Crippen LogP contribution in [0.3, 0.4) is 0 Å². The first kappa shape index (κ1) is 8.47. The quantitative estimate of drug-likeness (QED) is 0.788. The molecule has 0 aromatic carbocycles. The van der Waals surface area contributed by atoms with Crippen molar-refractivity contribution < 1.29 is 0 Å². The summed E-state index contributed by atoms with van der Waals surface area (Å²) < 4.78 is 0. The van der Waals surface area contributed by atoms with Crippen LogP contribution in [-0.4, -0.2) is 9.97 Å². The van der Waals surface area contributed by atoms with Crippen molar-refractivity contribution in [2.24, 2.45) is 0 Å². The molecule has 2 N–H and O–H groups in total. The number of thiazole rings is 1. The summed E-state index contributed by atoms with van der Waals surface area (Å²) in [6.45, 7) is 0. The Bertz CT molecular complexity index is 427. The maximum atomic E-state index is 5.93. The summed E-state index contributed by atoms with van der Waals surface area (Å²) in [5.74, 6) is 0.502. The average molecular weight is 212 g/mol. The number of hydrogen-bond donors (Lipinski definition) is 1. The maximum Gasteiger partial charge on any atom is 0.145 e. The molecule has 66 valence electrons. The van der Waals surface area contributed by atoms with Crippen LogP contribution in [0, 0.1) is 0 Å². The molecule has 0 atom stereocenters. The fourth-order valence-electron chi connectivity index (χ4n) is 0.938. The van der Waals surface area contributed by atoms with E-state index in [1.807, 2.05) is 0 Å². The van der Waals surface area contributed by atoms with Crippen LogP contribution in [-0.2, 0) is 0 Å². The van der Waals surface area contributed by atoms with Crippen LogP contribution in [0.5, 0.6) is 0 Å². The Labute approximate surface area is 84.2 Å². The van der Waals surface area contributed by atoms with Crippen molar-refractivity contribution in [3.63, 3.8) is 0 Å². The van der Waals surface area contributed by atoms with E-state index in [2.05, 4.69) is 9.97 Å². The van der Waals surface area contributed by atoms with Crippen LogP contribution < -0.4 is 5.73 Å². The first-order chi connectivity index (χ1) is 6.27. The number of nitrogens with two attached hydrogens (primary N) is 1. The van der Waals surface area contributed by atoms with Crippen molar-refractivity contribution in [3.05, 3.63) is 28.7 Å². The van der Waals surface area contributed by atoms with Crippen molar-refractivity contribution in [2.45, 2.75) is 0 Å². The Morgan fingerprint density at radius 1 is 1.46 bits per heavy atom. The van der Waals surface area contributed by atoms with E-state index in [-0.39, 0.29) is 0 Å². The molecule has 0 aliphatic carbocycles. The smallest absolute Gasteiger partial charge is 0.145 e. The second-order valence-corrected chi connectivity index (χ2v) is 3.68. The molecule has 2 heterocycles. The van der Waals surface area contributed by atoms with Crippen molar-refractivity contribution >= 4 is 28.8 Å². The van der Waals surface area contributed by atoms with Crippen LogP contribution in [0.25, 0.3) is 10.7 Å². The number of rotatable bonds is 1. The zero-order valence-corrected chi connectivity index (χ0v) is 8.14. The number of anilines is 1. The van der Waals surface area contributed by atoms with E-state index in [9.17, 15) is 0 Å². The van der Waals surface area contributed by atoms with E-state index in [0.717, 1.165) is 5.01 Å². The van der Waals surface area contributed by atoms with Gasteiger partial charge in [-0.05, 0) is 12.1 Å². The fraction of sp³-hybridized carbons (Fsp3) is 0. The SMILES string of the molecule is Nc1csc(-c2ncccc2Cl)n1.